The first kappa shape index (κ1) is 13.7. The minimum Gasteiger partial charge on any atom is -0.466 e. The van der Waals surface area contributed by atoms with Crippen LogP contribution in [0, 0.1) is 0 Å². The first-order valence-corrected chi connectivity index (χ1v) is 7.39. The molecular formula is C18H19NO2. The number of nitrogens with zero attached hydrogens (tertiary/aromatic N) is 1. The van der Waals surface area contributed by atoms with Crippen LogP contribution in [0.5, 0.6) is 0 Å². The lowest BCUT2D eigenvalue weighted by molar-refractivity contribution is -0.142. The van der Waals surface area contributed by atoms with Gasteiger partial charge >= 0.3 is 5.97 Å². The molecule has 1 unspecified atom stereocenters. The molecule has 1 atom stereocenters. The molecule has 0 N–H and O–H groups in total. The van der Waals surface area contributed by atoms with Crippen LogP contribution in [0.1, 0.15) is 19.3 Å². The lowest BCUT2D eigenvalue weighted by Crippen LogP contribution is -2.31. The molecule has 0 radical (unpaired) electrons. The molecule has 3 heteroatoms. The largest absolute Gasteiger partial charge is 0.466 e. The van der Waals surface area contributed by atoms with Gasteiger partial charge in [-0.3, -0.25) is 4.79 Å². The van der Waals surface area contributed by atoms with E-state index < -0.39 is 0 Å². The van der Waals surface area contributed by atoms with Crippen LogP contribution in [-0.2, 0) is 9.53 Å². The SMILES string of the molecule is O=C1CCC(N(c2ccccc2)c2ccccc2)CCO1. The second-order valence-corrected chi connectivity index (χ2v) is 5.24. The number of rotatable bonds is 3. The highest BCUT2D eigenvalue weighted by Crippen LogP contribution is 2.31. The first-order valence-electron chi connectivity index (χ1n) is 7.39. The molecule has 1 aliphatic rings. The van der Waals surface area contributed by atoms with Crippen LogP contribution >= 0.6 is 0 Å². The van der Waals surface area contributed by atoms with Gasteiger partial charge in [-0.15, -0.1) is 0 Å². The molecule has 1 heterocycles. The van der Waals surface area contributed by atoms with Crippen molar-refractivity contribution in [2.45, 2.75) is 25.3 Å². The highest BCUT2D eigenvalue weighted by Gasteiger charge is 2.24. The lowest BCUT2D eigenvalue weighted by Gasteiger charge is -2.33. The third kappa shape index (κ3) is 3.24. The predicted octanol–water partition coefficient (Wildman–Crippen LogP) is 3.92. The highest BCUT2D eigenvalue weighted by molar-refractivity contribution is 5.70. The molecular weight excluding hydrogens is 262 g/mol. The number of carbonyl (C=O) groups excluding carboxylic acids is 1. The normalized spacial score (nSPS) is 18.7. The fourth-order valence-electron chi connectivity index (χ4n) is 2.82. The van der Waals surface area contributed by atoms with Gasteiger partial charge in [0.2, 0.25) is 0 Å². The van der Waals surface area contributed by atoms with Crippen LogP contribution in [0.15, 0.2) is 60.7 Å². The van der Waals surface area contributed by atoms with Crippen molar-refractivity contribution in [3.8, 4) is 0 Å². The molecule has 1 saturated heterocycles. The number of hydrogen-bond acceptors (Lipinski definition) is 3. The summed E-state index contributed by atoms with van der Waals surface area (Å²) in [5.74, 6) is -0.0847. The number of anilines is 2. The Balaban J connectivity index is 1.94. The van der Waals surface area contributed by atoms with Crippen LogP contribution in [0.4, 0.5) is 11.4 Å². The van der Waals surface area contributed by atoms with Gasteiger partial charge in [-0.1, -0.05) is 36.4 Å². The third-order valence-electron chi connectivity index (χ3n) is 3.83. The zero-order valence-corrected chi connectivity index (χ0v) is 11.9. The summed E-state index contributed by atoms with van der Waals surface area (Å²) >= 11 is 0. The summed E-state index contributed by atoms with van der Waals surface area (Å²) in [6.07, 6.45) is 2.17. The van der Waals surface area contributed by atoms with Crippen molar-refractivity contribution in [2.75, 3.05) is 11.5 Å². The van der Waals surface area contributed by atoms with E-state index in [0.717, 1.165) is 24.2 Å². The smallest absolute Gasteiger partial charge is 0.305 e. The van der Waals surface area contributed by atoms with Gasteiger partial charge in [-0.2, -0.15) is 0 Å². The quantitative estimate of drug-likeness (QED) is 0.799. The molecule has 1 aliphatic heterocycles. The molecule has 108 valence electrons. The van der Waals surface area contributed by atoms with E-state index in [1.807, 2.05) is 36.4 Å². The topological polar surface area (TPSA) is 29.5 Å². The van der Waals surface area contributed by atoms with E-state index in [2.05, 4.69) is 29.2 Å². The van der Waals surface area contributed by atoms with Crippen LogP contribution in [0.25, 0.3) is 0 Å². The van der Waals surface area contributed by atoms with Gasteiger partial charge in [0.1, 0.15) is 0 Å². The minimum absolute atomic E-state index is 0.0847. The van der Waals surface area contributed by atoms with Crippen molar-refractivity contribution in [2.24, 2.45) is 0 Å². The van der Waals surface area contributed by atoms with Crippen LogP contribution in [-0.4, -0.2) is 18.6 Å². The van der Waals surface area contributed by atoms with Crippen molar-refractivity contribution >= 4 is 17.3 Å². The molecule has 21 heavy (non-hydrogen) atoms. The summed E-state index contributed by atoms with van der Waals surface area (Å²) in [4.78, 5) is 13.8. The Bertz CT molecular complexity index is 543. The van der Waals surface area contributed by atoms with Gasteiger partial charge in [0, 0.05) is 30.3 Å². The Hall–Kier alpha value is -2.29. The Morgan fingerprint density at radius 3 is 2.00 bits per heavy atom. The summed E-state index contributed by atoms with van der Waals surface area (Å²) in [6.45, 7) is 0.500. The summed E-state index contributed by atoms with van der Waals surface area (Å²) in [7, 11) is 0. The van der Waals surface area contributed by atoms with E-state index in [4.69, 9.17) is 4.74 Å². The predicted molar refractivity (Wildman–Crippen MR) is 83.6 cm³/mol. The molecule has 0 amide bonds. The van der Waals surface area contributed by atoms with Gasteiger partial charge < -0.3 is 9.64 Å². The number of ether oxygens (including phenoxy) is 1. The van der Waals surface area contributed by atoms with Gasteiger partial charge in [0.25, 0.3) is 0 Å². The van der Waals surface area contributed by atoms with E-state index in [1.165, 1.54) is 0 Å². The third-order valence-corrected chi connectivity index (χ3v) is 3.83. The number of hydrogen-bond donors (Lipinski definition) is 0. The zero-order chi connectivity index (χ0) is 14.5. The molecule has 2 aromatic carbocycles. The van der Waals surface area contributed by atoms with E-state index in [9.17, 15) is 4.79 Å². The molecule has 0 aliphatic carbocycles. The summed E-state index contributed by atoms with van der Waals surface area (Å²) in [5.41, 5.74) is 2.31. The lowest BCUT2D eigenvalue weighted by atomic mass is 10.0. The molecule has 0 bridgehead atoms. The van der Waals surface area contributed by atoms with Crippen molar-refractivity contribution in [1.82, 2.24) is 0 Å². The maximum Gasteiger partial charge on any atom is 0.305 e. The number of para-hydroxylation sites is 2. The van der Waals surface area contributed by atoms with Gasteiger partial charge in [0.15, 0.2) is 0 Å². The fourth-order valence-corrected chi connectivity index (χ4v) is 2.82. The minimum atomic E-state index is -0.0847. The Labute approximate surface area is 125 Å². The molecule has 3 nitrogen and oxygen atoms in total. The average molecular weight is 281 g/mol. The van der Waals surface area contributed by atoms with Gasteiger partial charge in [-0.25, -0.2) is 0 Å². The Kier molecular flexibility index (Phi) is 4.20. The van der Waals surface area contributed by atoms with Crippen molar-refractivity contribution < 1.29 is 9.53 Å². The second-order valence-electron chi connectivity index (χ2n) is 5.24. The second kappa shape index (κ2) is 6.44. The van der Waals surface area contributed by atoms with E-state index in [0.29, 0.717) is 13.0 Å². The van der Waals surface area contributed by atoms with Crippen molar-refractivity contribution in [3.05, 3.63) is 60.7 Å². The molecule has 3 rings (SSSR count). The maximum atomic E-state index is 11.5. The average Bonchev–Trinajstić information content (AvgIpc) is 2.75. The molecule has 1 fully saturated rings. The van der Waals surface area contributed by atoms with Crippen LogP contribution in [0.2, 0.25) is 0 Å². The highest BCUT2D eigenvalue weighted by atomic mass is 16.5. The number of esters is 1. The monoisotopic (exact) mass is 281 g/mol. The van der Waals surface area contributed by atoms with Gasteiger partial charge in [0.05, 0.1) is 6.61 Å². The van der Waals surface area contributed by atoms with Crippen LogP contribution < -0.4 is 4.90 Å². The molecule has 0 spiro atoms. The summed E-state index contributed by atoms with van der Waals surface area (Å²) in [6, 6.07) is 20.9. The fraction of sp³-hybridized carbons (Fsp3) is 0.278. The van der Waals surface area contributed by atoms with Gasteiger partial charge in [-0.05, 0) is 30.7 Å². The standard InChI is InChI=1S/C18H19NO2/c20-18-12-11-17(13-14-21-18)19(15-7-3-1-4-8-15)16-9-5-2-6-10-16/h1-10,17H,11-14H2. The Morgan fingerprint density at radius 2 is 1.43 bits per heavy atom. The molecule has 0 aromatic heterocycles. The van der Waals surface area contributed by atoms with E-state index >= 15 is 0 Å². The van der Waals surface area contributed by atoms with E-state index in [-0.39, 0.29) is 12.0 Å². The first-order chi connectivity index (χ1) is 10.3. The van der Waals surface area contributed by atoms with E-state index in [1.54, 1.807) is 0 Å². The van der Waals surface area contributed by atoms with Crippen LogP contribution in [0.3, 0.4) is 0 Å². The molecule has 2 aromatic rings. The summed E-state index contributed by atoms with van der Waals surface area (Å²) in [5, 5.41) is 0. The number of benzene rings is 2. The maximum absolute atomic E-state index is 11.5. The summed E-state index contributed by atoms with van der Waals surface area (Å²) < 4.78 is 5.19. The number of carbonyl (C=O) groups is 1. The Morgan fingerprint density at radius 1 is 0.857 bits per heavy atom. The molecule has 0 saturated carbocycles. The van der Waals surface area contributed by atoms with Crippen molar-refractivity contribution in [3.63, 3.8) is 0 Å². The van der Waals surface area contributed by atoms with Crippen molar-refractivity contribution in [1.29, 1.82) is 0 Å². The zero-order valence-electron chi connectivity index (χ0n) is 11.9. The number of cyclic esters (lactones) is 1.